The summed E-state index contributed by atoms with van der Waals surface area (Å²) in [5.74, 6) is -0.679. The number of pyridine rings is 1. The number of aromatic nitrogens is 5. The largest absolute Gasteiger partial charge is 0.383 e. The number of amides is 4. The average Bonchev–Trinajstić information content (AvgIpc) is 3.87. The van der Waals surface area contributed by atoms with Crippen LogP contribution in [0.2, 0.25) is 0 Å². The highest BCUT2D eigenvalue weighted by atomic mass is 19.1. The number of hydrogen-bond acceptors (Lipinski definition) is 12. The van der Waals surface area contributed by atoms with Gasteiger partial charge in [-0.3, -0.25) is 34.4 Å². The molecule has 64 heavy (non-hydrogen) atoms. The van der Waals surface area contributed by atoms with Crippen molar-refractivity contribution in [3.63, 3.8) is 0 Å². The van der Waals surface area contributed by atoms with E-state index >= 15 is 4.39 Å². The number of nitrogens with zero attached hydrogens (tertiary/aromatic N) is 9. The number of imide groups is 1. The molecule has 17 heteroatoms. The molecule has 0 bridgehead atoms. The van der Waals surface area contributed by atoms with Crippen molar-refractivity contribution in [2.24, 2.45) is 5.92 Å². The molecule has 1 atom stereocenters. The first-order valence-electron chi connectivity index (χ1n) is 21.7. The molecule has 16 nitrogen and oxygen atoms in total. The van der Waals surface area contributed by atoms with Gasteiger partial charge in [-0.05, 0) is 78.8 Å². The summed E-state index contributed by atoms with van der Waals surface area (Å²) in [5.41, 5.74) is 13.1. The third kappa shape index (κ3) is 7.98. The molecule has 6 aromatic rings. The van der Waals surface area contributed by atoms with E-state index in [2.05, 4.69) is 46.4 Å². The monoisotopic (exact) mass is 862 g/mol. The minimum atomic E-state index is -0.623. The Morgan fingerprint density at radius 3 is 2.39 bits per heavy atom. The van der Waals surface area contributed by atoms with E-state index in [4.69, 9.17) is 10.8 Å². The van der Waals surface area contributed by atoms with Crippen molar-refractivity contribution < 1.29 is 23.6 Å². The number of fused-ring (bicyclic) bond motifs is 2. The summed E-state index contributed by atoms with van der Waals surface area (Å²) in [6.45, 7) is 6.77. The maximum Gasteiger partial charge on any atom is 0.270 e. The van der Waals surface area contributed by atoms with E-state index < -0.39 is 11.9 Å². The Bertz CT molecular complexity index is 2770. The van der Waals surface area contributed by atoms with Crippen molar-refractivity contribution in [3.05, 3.63) is 120 Å². The Kier molecular flexibility index (Phi) is 10.9. The quantitative estimate of drug-likeness (QED) is 0.166. The van der Waals surface area contributed by atoms with Gasteiger partial charge >= 0.3 is 0 Å². The van der Waals surface area contributed by atoms with Gasteiger partial charge in [0, 0.05) is 94.4 Å². The maximum absolute atomic E-state index is 16.1. The topological polar surface area (TPSA) is 188 Å². The van der Waals surface area contributed by atoms with Gasteiger partial charge in [-0.2, -0.15) is 5.10 Å². The Balaban J connectivity index is 0.738. The molecule has 4 N–H and O–H groups in total. The lowest BCUT2D eigenvalue weighted by Crippen LogP contribution is -2.52. The van der Waals surface area contributed by atoms with Crippen LogP contribution in [-0.4, -0.2) is 110 Å². The molecule has 0 radical (unpaired) electrons. The molecule has 0 unspecified atom stereocenters. The summed E-state index contributed by atoms with van der Waals surface area (Å²) >= 11 is 0. The second-order valence-corrected chi connectivity index (χ2v) is 16.9. The normalized spacial score (nSPS) is 18.4. The fourth-order valence-electron chi connectivity index (χ4n) is 9.46. The van der Waals surface area contributed by atoms with Crippen molar-refractivity contribution in [1.29, 1.82) is 0 Å². The van der Waals surface area contributed by atoms with Crippen molar-refractivity contribution in [2.75, 3.05) is 61.3 Å². The molecule has 10 rings (SSSR count). The van der Waals surface area contributed by atoms with Crippen molar-refractivity contribution >= 4 is 51.9 Å². The van der Waals surface area contributed by atoms with Crippen LogP contribution in [0.1, 0.15) is 57.7 Å². The summed E-state index contributed by atoms with van der Waals surface area (Å²) < 4.78 is 17.7. The summed E-state index contributed by atoms with van der Waals surface area (Å²) in [4.78, 5) is 71.2. The van der Waals surface area contributed by atoms with Crippen molar-refractivity contribution in [3.8, 4) is 16.9 Å². The van der Waals surface area contributed by atoms with E-state index in [0.717, 1.165) is 81.0 Å². The molecule has 0 aliphatic carbocycles. The Hall–Kier alpha value is -7.27. The lowest BCUT2D eigenvalue weighted by Gasteiger charge is -2.40. The van der Waals surface area contributed by atoms with E-state index in [-0.39, 0.29) is 35.8 Å². The van der Waals surface area contributed by atoms with E-state index in [0.29, 0.717) is 64.8 Å². The molecule has 3 saturated heterocycles. The summed E-state index contributed by atoms with van der Waals surface area (Å²) in [6.07, 6.45) is 5.46. The van der Waals surface area contributed by atoms with Gasteiger partial charge in [-0.15, -0.1) is 0 Å². The van der Waals surface area contributed by atoms with Crippen LogP contribution in [0.4, 0.5) is 21.6 Å². The number of anilines is 3. The smallest absolute Gasteiger partial charge is 0.270 e. The highest BCUT2D eigenvalue weighted by molar-refractivity contribution is 6.05. The molecule has 0 spiro atoms. The second kappa shape index (κ2) is 17.1. The van der Waals surface area contributed by atoms with Gasteiger partial charge in [0.05, 0.1) is 16.8 Å². The predicted octanol–water partition coefficient (Wildman–Crippen LogP) is 4.33. The van der Waals surface area contributed by atoms with Crippen LogP contribution in [0.25, 0.3) is 28.0 Å². The number of nitrogens with two attached hydrogens (primary N) is 1. The zero-order valence-electron chi connectivity index (χ0n) is 35.1. The van der Waals surface area contributed by atoms with Gasteiger partial charge in [-0.25, -0.2) is 19.0 Å². The number of piperidine rings is 2. The summed E-state index contributed by atoms with van der Waals surface area (Å²) in [5, 5.41) is 10.7. The summed E-state index contributed by atoms with van der Waals surface area (Å²) in [7, 11) is 0. The number of benzene rings is 3. The van der Waals surface area contributed by atoms with Gasteiger partial charge < -0.3 is 25.8 Å². The molecule has 7 heterocycles. The molecule has 3 fully saturated rings. The molecular formula is C47H47FN12O4. The lowest BCUT2D eigenvalue weighted by atomic mass is 9.95. The first-order valence-corrected chi connectivity index (χ1v) is 21.7. The van der Waals surface area contributed by atoms with Gasteiger partial charge in [0.25, 0.3) is 11.8 Å². The van der Waals surface area contributed by atoms with Crippen molar-refractivity contribution in [2.45, 2.75) is 44.8 Å². The van der Waals surface area contributed by atoms with Gasteiger partial charge in [0.15, 0.2) is 5.65 Å². The highest BCUT2D eigenvalue weighted by Gasteiger charge is 2.39. The molecular weight excluding hydrogens is 816 g/mol. The number of nitrogen functional groups attached to an aromatic ring is 1. The lowest BCUT2D eigenvalue weighted by molar-refractivity contribution is -0.136. The average molecular weight is 863 g/mol. The van der Waals surface area contributed by atoms with Crippen LogP contribution < -0.4 is 26.2 Å². The first-order chi connectivity index (χ1) is 31.2. The Labute approximate surface area is 368 Å². The van der Waals surface area contributed by atoms with Gasteiger partial charge in [0.1, 0.15) is 35.4 Å². The minimum absolute atomic E-state index is 0.159. The fraction of sp³-hybridized carbons (Fsp3) is 0.319. The third-order valence-electron chi connectivity index (χ3n) is 13.0. The molecule has 326 valence electrons. The Morgan fingerprint density at radius 2 is 1.64 bits per heavy atom. The van der Waals surface area contributed by atoms with E-state index in [1.165, 1.54) is 12.4 Å². The van der Waals surface area contributed by atoms with Gasteiger partial charge in [-0.1, -0.05) is 30.3 Å². The molecule has 3 aromatic carbocycles. The van der Waals surface area contributed by atoms with Crippen LogP contribution in [0.5, 0.6) is 0 Å². The zero-order chi connectivity index (χ0) is 43.9. The molecule has 4 aliphatic rings. The molecule has 0 saturated carbocycles. The highest BCUT2D eigenvalue weighted by Crippen LogP contribution is 2.35. The second-order valence-electron chi connectivity index (χ2n) is 16.9. The van der Waals surface area contributed by atoms with E-state index in [9.17, 15) is 19.2 Å². The third-order valence-corrected chi connectivity index (χ3v) is 13.0. The number of halogens is 1. The van der Waals surface area contributed by atoms with Crippen molar-refractivity contribution in [1.82, 2.24) is 45.2 Å². The number of hydrogen-bond donors (Lipinski definition) is 3. The van der Waals surface area contributed by atoms with Crippen LogP contribution in [0, 0.1) is 11.7 Å². The molecule has 3 aromatic heterocycles. The predicted molar refractivity (Wildman–Crippen MR) is 238 cm³/mol. The van der Waals surface area contributed by atoms with Crippen LogP contribution in [-0.2, 0) is 22.7 Å². The number of carbonyl (C=O) groups excluding carboxylic acids is 4. The van der Waals surface area contributed by atoms with Crippen LogP contribution in [0.15, 0.2) is 91.4 Å². The number of piperazine rings is 1. The maximum atomic E-state index is 16.1. The van der Waals surface area contributed by atoms with E-state index in [1.54, 1.807) is 34.0 Å². The SMILES string of the molecule is Nc1ncnc2c1c(-c1ccc(CNC(=O)c3ccccn3)cc1)nn2-c1ccc(N2CCC(CN3CCN(c4ccc5c(c4)CN([C@H]4CCC(=O)NC4=O)C5=O)CC3)CC2)c(F)c1. The summed E-state index contributed by atoms with van der Waals surface area (Å²) in [6, 6.07) is 23.3. The zero-order valence-corrected chi connectivity index (χ0v) is 35.1. The number of rotatable bonds is 10. The van der Waals surface area contributed by atoms with Gasteiger partial charge in [0.2, 0.25) is 11.8 Å². The fourth-order valence-corrected chi connectivity index (χ4v) is 9.46. The number of carbonyl (C=O) groups is 4. The standard InChI is InChI=1S/C47H47FN12O4/c48-36-24-34(60-44-41(43(49)52-28-53-44)42(55-60)31-6-4-29(5-7-31)25-51-45(62)37-3-1-2-16-50-37)9-11-38(36)58-17-14-30(15-18-58)26-56-19-21-57(22-20-56)33-8-10-35-32(23-33)27-59(47(35)64)39-12-13-40(61)54-46(39)63/h1-11,16,23-24,28,30,39H,12-15,17-22,25-27H2,(H,51,62)(H2,49,52,53)(H,54,61,63)/t39-/m0/s1. The van der Waals surface area contributed by atoms with Crippen LogP contribution >= 0.6 is 0 Å². The molecule has 4 aliphatic heterocycles. The molecule has 4 amide bonds. The number of nitrogens with one attached hydrogen (secondary N) is 2. The Morgan fingerprint density at radius 1 is 0.844 bits per heavy atom. The van der Waals surface area contributed by atoms with Crippen LogP contribution in [0.3, 0.4) is 0 Å². The minimum Gasteiger partial charge on any atom is -0.383 e. The first kappa shape index (κ1) is 40.8. The van der Waals surface area contributed by atoms with E-state index in [1.807, 2.05) is 48.5 Å².